The average Bonchev–Trinajstić information content (AvgIpc) is 2.78. The maximum absolute atomic E-state index is 12.7. The molecule has 0 saturated heterocycles. The minimum absolute atomic E-state index is 0.203. The van der Waals surface area contributed by atoms with Crippen LogP contribution in [0.25, 0.3) is 0 Å². The van der Waals surface area contributed by atoms with Crippen LogP contribution in [0.4, 0.5) is 0 Å². The lowest BCUT2D eigenvalue weighted by Crippen LogP contribution is -2.44. The van der Waals surface area contributed by atoms with Gasteiger partial charge in [-0.05, 0) is 57.6 Å². The van der Waals surface area contributed by atoms with E-state index in [9.17, 15) is 4.79 Å². The molecule has 1 heterocycles. The van der Waals surface area contributed by atoms with Crippen LogP contribution in [-0.4, -0.2) is 18.0 Å². The van der Waals surface area contributed by atoms with Crippen molar-refractivity contribution in [1.29, 1.82) is 0 Å². The van der Waals surface area contributed by atoms with Crippen molar-refractivity contribution in [2.75, 3.05) is 6.61 Å². The fraction of sp³-hybridized carbons (Fsp3) is 0.667. The maximum atomic E-state index is 12.7. The van der Waals surface area contributed by atoms with E-state index in [0.29, 0.717) is 6.61 Å². The van der Waals surface area contributed by atoms with Crippen LogP contribution >= 0.6 is 11.3 Å². The van der Waals surface area contributed by atoms with E-state index in [-0.39, 0.29) is 5.78 Å². The van der Waals surface area contributed by atoms with Crippen LogP contribution in [0.2, 0.25) is 0 Å². The molecule has 0 atom stereocenters. The summed E-state index contributed by atoms with van der Waals surface area (Å²) in [6.07, 6.45) is 3.93. The first-order chi connectivity index (χ1) is 8.57. The average molecular weight is 266 g/mol. The lowest BCUT2D eigenvalue weighted by Gasteiger charge is -2.37. The van der Waals surface area contributed by atoms with Gasteiger partial charge in [0.15, 0.2) is 0 Å². The number of carbonyl (C=O) groups is 1. The number of hydrogen-bond acceptors (Lipinski definition) is 3. The van der Waals surface area contributed by atoms with Gasteiger partial charge in [-0.2, -0.15) is 0 Å². The first-order valence-corrected chi connectivity index (χ1v) is 7.64. The van der Waals surface area contributed by atoms with Crippen molar-refractivity contribution in [3.63, 3.8) is 0 Å². The van der Waals surface area contributed by atoms with Gasteiger partial charge in [0, 0.05) is 11.5 Å². The first-order valence-electron chi connectivity index (χ1n) is 6.82. The molecule has 100 valence electrons. The Morgan fingerprint density at radius 2 is 2.11 bits per heavy atom. The third kappa shape index (κ3) is 2.67. The number of rotatable bonds is 4. The van der Waals surface area contributed by atoms with Crippen LogP contribution in [0.15, 0.2) is 12.1 Å². The Balaban J connectivity index is 2.22. The number of Topliss-reactive ketones (excluding diaryl/α,β-unsaturated/α-hetero) is 1. The third-order valence-electron chi connectivity index (χ3n) is 3.88. The molecule has 2 rings (SSSR count). The van der Waals surface area contributed by atoms with Gasteiger partial charge in [-0.15, -0.1) is 11.3 Å². The zero-order valence-corrected chi connectivity index (χ0v) is 12.3. The van der Waals surface area contributed by atoms with E-state index in [1.807, 2.05) is 26.0 Å². The van der Waals surface area contributed by atoms with Crippen molar-refractivity contribution in [3.05, 3.63) is 21.9 Å². The number of ketones is 1. The molecule has 1 aliphatic rings. The Kier molecular flexibility index (Phi) is 4.23. The van der Waals surface area contributed by atoms with Crippen LogP contribution in [0.5, 0.6) is 0 Å². The molecule has 3 heteroatoms. The Morgan fingerprint density at radius 3 is 2.61 bits per heavy atom. The second-order valence-corrected chi connectivity index (χ2v) is 6.64. The van der Waals surface area contributed by atoms with E-state index in [4.69, 9.17) is 4.74 Å². The van der Waals surface area contributed by atoms with Gasteiger partial charge < -0.3 is 4.74 Å². The SMILES string of the molecule is CCOC1(C(=O)c2ccc(C)s2)CCC(C)CC1. The Hall–Kier alpha value is -0.670. The Morgan fingerprint density at radius 1 is 1.44 bits per heavy atom. The van der Waals surface area contributed by atoms with Gasteiger partial charge in [0.1, 0.15) is 5.60 Å². The molecule has 0 spiro atoms. The molecule has 0 N–H and O–H groups in total. The molecule has 0 unspecified atom stereocenters. The lowest BCUT2D eigenvalue weighted by atomic mass is 9.76. The Labute approximate surface area is 113 Å². The third-order valence-corrected chi connectivity index (χ3v) is 4.88. The molecule has 0 aromatic carbocycles. The summed E-state index contributed by atoms with van der Waals surface area (Å²) in [5.74, 6) is 0.922. The van der Waals surface area contributed by atoms with Crippen molar-refractivity contribution in [3.8, 4) is 0 Å². The van der Waals surface area contributed by atoms with Gasteiger partial charge in [-0.1, -0.05) is 6.92 Å². The lowest BCUT2D eigenvalue weighted by molar-refractivity contribution is -0.0471. The summed E-state index contributed by atoms with van der Waals surface area (Å²) >= 11 is 1.59. The normalized spacial score (nSPS) is 28.3. The molecule has 0 radical (unpaired) electrons. The summed E-state index contributed by atoms with van der Waals surface area (Å²) in [5, 5.41) is 0. The molecular weight excluding hydrogens is 244 g/mol. The minimum atomic E-state index is -0.543. The fourth-order valence-electron chi connectivity index (χ4n) is 2.72. The highest BCUT2D eigenvalue weighted by Crippen LogP contribution is 2.38. The van der Waals surface area contributed by atoms with Crippen LogP contribution in [-0.2, 0) is 4.74 Å². The Bertz CT molecular complexity index is 414. The van der Waals surface area contributed by atoms with E-state index in [1.165, 1.54) is 4.88 Å². The highest BCUT2D eigenvalue weighted by molar-refractivity contribution is 7.14. The smallest absolute Gasteiger partial charge is 0.204 e. The molecule has 0 aliphatic heterocycles. The summed E-state index contributed by atoms with van der Waals surface area (Å²) in [4.78, 5) is 14.8. The summed E-state index contributed by atoms with van der Waals surface area (Å²) in [5.41, 5.74) is -0.543. The van der Waals surface area contributed by atoms with Gasteiger partial charge in [-0.3, -0.25) is 4.79 Å². The van der Waals surface area contributed by atoms with E-state index in [1.54, 1.807) is 11.3 Å². The van der Waals surface area contributed by atoms with Crippen LogP contribution in [0.1, 0.15) is 54.1 Å². The van der Waals surface area contributed by atoms with Crippen molar-refractivity contribution in [2.24, 2.45) is 5.92 Å². The molecule has 1 aromatic rings. The standard InChI is InChI=1S/C15H22O2S/c1-4-17-15(9-7-11(2)8-10-15)14(16)13-6-5-12(3)18-13/h5-6,11H,4,7-10H2,1-3H3. The van der Waals surface area contributed by atoms with Crippen molar-refractivity contribution < 1.29 is 9.53 Å². The molecule has 0 bridgehead atoms. The summed E-state index contributed by atoms with van der Waals surface area (Å²) in [7, 11) is 0. The molecule has 0 amide bonds. The molecule has 1 fully saturated rings. The summed E-state index contributed by atoms with van der Waals surface area (Å²) in [6.45, 7) is 6.89. The molecular formula is C15H22O2S. The highest BCUT2D eigenvalue weighted by atomic mass is 32.1. The van der Waals surface area contributed by atoms with E-state index >= 15 is 0 Å². The predicted octanol–water partition coefficient (Wildman–Crippen LogP) is 4.22. The van der Waals surface area contributed by atoms with Crippen molar-refractivity contribution >= 4 is 17.1 Å². The van der Waals surface area contributed by atoms with Crippen LogP contribution < -0.4 is 0 Å². The number of aryl methyl sites for hydroxylation is 1. The van der Waals surface area contributed by atoms with Gasteiger partial charge in [0.05, 0.1) is 4.88 Å². The molecule has 1 aliphatic carbocycles. The van der Waals surface area contributed by atoms with E-state index < -0.39 is 5.60 Å². The second kappa shape index (κ2) is 5.54. The van der Waals surface area contributed by atoms with Gasteiger partial charge >= 0.3 is 0 Å². The van der Waals surface area contributed by atoms with E-state index in [0.717, 1.165) is 36.5 Å². The van der Waals surface area contributed by atoms with Crippen LogP contribution in [0.3, 0.4) is 0 Å². The van der Waals surface area contributed by atoms with E-state index in [2.05, 4.69) is 6.92 Å². The second-order valence-electron chi connectivity index (χ2n) is 5.35. The summed E-state index contributed by atoms with van der Waals surface area (Å²) < 4.78 is 5.90. The molecule has 2 nitrogen and oxygen atoms in total. The number of ether oxygens (including phenoxy) is 1. The largest absolute Gasteiger partial charge is 0.367 e. The molecule has 1 aromatic heterocycles. The predicted molar refractivity (Wildman–Crippen MR) is 75.4 cm³/mol. The molecule has 1 saturated carbocycles. The topological polar surface area (TPSA) is 26.3 Å². The minimum Gasteiger partial charge on any atom is -0.367 e. The monoisotopic (exact) mass is 266 g/mol. The number of hydrogen-bond donors (Lipinski definition) is 0. The molecule has 18 heavy (non-hydrogen) atoms. The zero-order valence-electron chi connectivity index (χ0n) is 11.5. The zero-order chi connectivity index (χ0) is 13.2. The van der Waals surface area contributed by atoms with Gasteiger partial charge in [-0.25, -0.2) is 0 Å². The van der Waals surface area contributed by atoms with Crippen molar-refractivity contribution in [2.45, 2.75) is 52.1 Å². The number of carbonyl (C=O) groups excluding carboxylic acids is 1. The highest BCUT2D eigenvalue weighted by Gasteiger charge is 2.42. The van der Waals surface area contributed by atoms with Crippen LogP contribution in [0, 0.1) is 12.8 Å². The first kappa shape index (κ1) is 13.8. The van der Waals surface area contributed by atoms with Gasteiger partial charge in [0.2, 0.25) is 5.78 Å². The number of thiophene rings is 1. The maximum Gasteiger partial charge on any atom is 0.204 e. The fourth-order valence-corrected chi connectivity index (χ4v) is 3.62. The van der Waals surface area contributed by atoms with Gasteiger partial charge in [0.25, 0.3) is 0 Å². The van der Waals surface area contributed by atoms with Crippen molar-refractivity contribution in [1.82, 2.24) is 0 Å². The summed E-state index contributed by atoms with van der Waals surface area (Å²) in [6, 6.07) is 3.96. The quantitative estimate of drug-likeness (QED) is 0.762.